The third kappa shape index (κ3) is 8.16. The minimum Gasteiger partial charge on any atom is -0.355 e. The van der Waals surface area contributed by atoms with Crippen LogP contribution in [0.2, 0.25) is 0 Å². The molecule has 0 saturated carbocycles. The predicted molar refractivity (Wildman–Crippen MR) is 151 cm³/mol. The summed E-state index contributed by atoms with van der Waals surface area (Å²) in [5, 5.41) is 2.85. The van der Waals surface area contributed by atoms with Gasteiger partial charge in [-0.15, -0.1) is 0 Å². The van der Waals surface area contributed by atoms with Crippen molar-refractivity contribution in [2.45, 2.75) is 32.9 Å². The molecule has 0 saturated heterocycles. The lowest BCUT2D eigenvalue weighted by molar-refractivity contribution is -0.140. The van der Waals surface area contributed by atoms with Gasteiger partial charge in [-0.2, -0.15) is 0 Å². The lowest BCUT2D eigenvalue weighted by Crippen LogP contribution is -2.53. The molecule has 0 spiro atoms. The Morgan fingerprint density at radius 2 is 1.62 bits per heavy atom. The number of hydrogen-bond acceptors (Lipinski definition) is 4. The van der Waals surface area contributed by atoms with Crippen LogP contribution in [0.15, 0.2) is 83.3 Å². The van der Waals surface area contributed by atoms with Crippen LogP contribution < -0.4 is 9.62 Å². The third-order valence-corrected chi connectivity index (χ3v) is 7.50. The van der Waals surface area contributed by atoms with E-state index >= 15 is 0 Å². The molecule has 196 valence electrons. The normalized spacial score (nSPS) is 12.0. The van der Waals surface area contributed by atoms with Crippen LogP contribution in [0.3, 0.4) is 0 Å². The van der Waals surface area contributed by atoms with Crippen LogP contribution in [0, 0.1) is 6.92 Å². The Morgan fingerprint density at radius 3 is 2.22 bits per heavy atom. The summed E-state index contributed by atoms with van der Waals surface area (Å²) < 4.78 is 27.3. The average molecular weight is 587 g/mol. The molecule has 0 aliphatic carbocycles. The lowest BCUT2D eigenvalue weighted by Gasteiger charge is -2.33. The van der Waals surface area contributed by atoms with Gasteiger partial charge in [-0.1, -0.05) is 82.2 Å². The maximum atomic E-state index is 13.9. The van der Waals surface area contributed by atoms with E-state index in [1.54, 1.807) is 24.3 Å². The van der Waals surface area contributed by atoms with E-state index in [9.17, 15) is 18.0 Å². The molecule has 7 nitrogen and oxygen atoms in total. The highest BCUT2D eigenvalue weighted by molar-refractivity contribution is 9.10. The van der Waals surface area contributed by atoms with E-state index < -0.39 is 28.5 Å². The van der Waals surface area contributed by atoms with Gasteiger partial charge in [0.15, 0.2) is 0 Å². The van der Waals surface area contributed by atoms with Gasteiger partial charge in [0.25, 0.3) is 0 Å². The van der Waals surface area contributed by atoms with Gasteiger partial charge in [0.1, 0.15) is 12.6 Å². The Balaban J connectivity index is 2.03. The number of halogens is 1. The Labute approximate surface area is 227 Å². The maximum absolute atomic E-state index is 13.9. The molecule has 2 amide bonds. The van der Waals surface area contributed by atoms with Crippen molar-refractivity contribution in [3.05, 3.63) is 100 Å². The van der Waals surface area contributed by atoms with E-state index in [4.69, 9.17) is 0 Å². The molecule has 0 aliphatic heterocycles. The highest BCUT2D eigenvalue weighted by Gasteiger charge is 2.32. The van der Waals surface area contributed by atoms with Crippen LogP contribution in [0.1, 0.15) is 23.6 Å². The monoisotopic (exact) mass is 585 g/mol. The second-order valence-electron chi connectivity index (χ2n) is 8.86. The molecule has 0 unspecified atom stereocenters. The van der Waals surface area contributed by atoms with Gasteiger partial charge < -0.3 is 10.2 Å². The van der Waals surface area contributed by atoms with E-state index in [0.717, 1.165) is 27.3 Å². The fourth-order valence-corrected chi connectivity index (χ4v) is 5.21. The van der Waals surface area contributed by atoms with Gasteiger partial charge in [0.05, 0.1) is 11.9 Å². The fraction of sp³-hybridized carbons (Fsp3) is 0.286. The second-order valence-corrected chi connectivity index (χ2v) is 11.7. The first-order chi connectivity index (χ1) is 17.6. The van der Waals surface area contributed by atoms with E-state index in [1.165, 1.54) is 4.90 Å². The zero-order chi connectivity index (χ0) is 27.0. The topological polar surface area (TPSA) is 86.8 Å². The molecule has 3 rings (SSSR count). The maximum Gasteiger partial charge on any atom is 0.244 e. The summed E-state index contributed by atoms with van der Waals surface area (Å²) in [6.07, 6.45) is 1.36. The number of sulfonamides is 1. The first-order valence-electron chi connectivity index (χ1n) is 12.0. The van der Waals surface area contributed by atoms with Crippen molar-refractivity contribution < 1.29 is 18.0 Å². The summed E-state index contributed by atoms with van der Waals surface area (Å²) in [5.41, 5.74) is 3.17. The summed E-state index contributed by atoms with van der Waals surface area (Å²) in [6, 6.07) is 23.1. The van der Waals surface area contributed by atoms with Gasteiger partial charge in [-0.25, -0.2) is 8.42 Å². The van der Waals surface area contributed by atoms with Crippen LogP contribution in [-0.4, -0.2) is 50.5 Å². The molecular formula is C28H32BrN3O4S. The van der Waals surface area contributed by atoms with Crippen LogP contribution >= 0.6 is 15.9 Å². The molecule has 0 radical (unpaired) electrons. The van der Waals surface area contributed by atoms with Crippen molar-refractivity contribution in [2.24, 2.45) is 0 Å². The van der Waals surface area contributed by atoms with Gasteiger partial charge in [0, 0.05) is 24.0 Å². The number of nitrogens with zero attached hydrogens (tertiary/aromatic N) is 2. The van der Waals surface area contributed by atoms with Crippen molar-refractivity contribution in [3.63, 3.8) is 0 Å². The number of amides is 2. The first-order valence-corrected chi connectivity index (χ1v) is 14.6. The van der Waals surface area contributed by atoms with Gasteiger partial charge in [0.2, 0.25) is 21.8 Å². The molecule has 1 N–H and O–H groups in total. The second kappa shape index (κ2) is 12.9. The zero-order valence-corrected chi connectivity index (χ0v) is 23.6. The van der Waals surface area contributed by atoms with E-state index in [1.807, 2.05) is 68.4 Å². The molecule has 1 atom stereocenters. The molecule has 3 aromatic carbocycles. The number of nitrogens with one attached hydrogen (secondary N) is 1. The smallest absolute Gasteiger partial charge is 0.244 e. The van der Waals surface area contributed by atoms with Crippen LogP contribution in [0.5, 0.6) is 0 Å². The Kier molecular flexibility index (Phi) is 9.88. The minimum absolute atomic E-state index is 0.157. The molecule has 3 aromatic rings. The van der Waals surface area contributed by atoms with E-state index in [2.05, 4.69) is 21.2 Å². The van der Waals surface area contributed by atoms with Gasteiger partial charge >= 0.3 is 0 Å². The summed E-state index contributed by atoms with van der Waals surface area (Å²) >= 11 is 3.37. The number of carbonyl (C=O) groups excluding carboxylic acids is 2. The molecule has 0 heterocycles. The standard InChI is InChI=1S/C28H32BrN3O4S/c1-4-30-28(34)26(17-22-9-6-5-7-10-22)31(19-23-15-13-21(2)14-16-23)27(33)20-32(37(3,35)36)25-12-8-11-24(29)18-25/h5-16,18,26H,4,17,19-20H2,1-3H3,(H,30,34)/t26-/m0/s1. The summed E-state index contributed by atoms with van der Waals surface area (Å²) in [5.74, 6) is -0.765. The van der Waals surface area contributed by atoms with E-state index in [0.29, 0.717) is 23.1 Å². The molecule has 0 fully saturated rings. The molecule has 0 bridgehead atoms. The average Bonchev–Trinajstić information content (AvgIpc) is 2.85. The van der Waals surface area contributed by atoms with Crippen molar-refractivity contribution in [3.8, 4) is 0 Å². The zero-order valence-electron chi connectivity index (χ0n) is 21.2. The molecule has 0 aromatic heterocycles. The Hall–Kier alpha value is -3.17. The Morgan fingerprint density at radius 1 is 0.946 bits per heavy atom. The largest absolute Gasteiger partial charge is 0.355 e. The van der Waals surface area contributed by atoms with Crippen LogP contribution in [0.4, 0.5) is 5.69 Å². The van der Waals surface area contributed by atoms with Crippen molar-refractivity contribution in [2.75, 3.05) is 23.7 Å². The minimum atomic E-state index is -3.79. The highest BCUT2D eigenvalue weighted by atomic mass is 79.9. The number of carbonyl (C=O) groups is 2. The van der Waals surface area contributed by atoms with Crippen molar-refractivity contribution in [1.29, 1.82) is 0 Å². The molecule has 37 heavy (non-hydrogen) atoms. The quantitative estimate of drug-likeness (QED) is 0.363. The van der Waals surface area contributed by atoms with Crippen LogP contribution in [-0.2, 0) is 32.6 Å². The highest BCUT2D eigenvalue weighted by Crippen LogP contribution is 2.23. The van der Waals surface area contributed by atoms with Gasteiger partial charge in [-0.05, 0) is 43.2 Å². The fourth-order valence-electron chi connectivity index (χ4n) is 3.98. The Bertz CT molecular complexity index is 1310. The molecule has 9 heteroatoms. The summed E-state index contributed by atoms with van der Waals surface area (Å²) in [7, 11) is -3.79. The van der Waals surface area contributed by atoms with Crippen molar-refractivity contribution >= 4 is 43.5 Å². The van der Waals surface area contributed by atoms with Gasteiger partial charge in [-0.3, -0.25) is 13.9 Å². The van der Waals surface area contributed by atoms with Crippen LogP contribution in [0.25, 0.3) is 0 Å². The summed E-state index contributed by atoms with van der Waals surface area (Å²) in [4.78, 5) is 28.7. The SMILES string of the molecule is CCNC(=O)[C@H](Cc1ccccc1)N(Cc1ccc(C)cc1)C(=O)CN(c1cccc(Br)c1)S(C)(=O)=O. The number of anilines is 1. The first kappa shape index (κ1) is 28.4. The van der Waals surface area contributed by atoms with E-state index in [-0.39, 0.29) is 12.5 Å². The number of rotatable bonds is 11. The molecule has 0 aliphatic rings. The predicted octanol–water partition coefficient (Wildman–Crippen LogP) is 4.30. The number of benzene rings is 3. The molecular weight excluding hydrogens is 554 g/mol. The van der Waals surface area contributed by atoms with Crippen molar-refractivity contribution in [1.82, 2.24) is 10.2 Å². The lowest BCUT2D eigenvalue weighted by atomic mass is 10.0. The third-order valence-electron chi connectivity index (χ3n) is 5.87. The number of likely N-dealkylation sites (N-methyl/N-ethyl adjacent to an activating group) is 1. The number of aryl methyl sites for hydroxylation is 1. The number of hydrogen-bond donors (Lipinski definition) is 1. The summed E-state index contributed by atoms with van der Waals surface area (Å²) in [6.45, 7) is 3.92.